The summed E-state index contributed by atoms with van der Waals surface area (Å²) in [5.74, 6) is 4.02. The summed E-state index contributed by atoms with van der Waals surface area (Å²) in [4.78, 5) is 12.0. The lowest BCUT2D eigenvalue weighted by molar-refractivity contribution is 0.0956. The summed E-state index contributed by atoms with van der Waals surface area (Å²) in [6.07, 6.45) is 5.16. The van der Waals surface area contributed by atoms with Gasteiger partial charge in [0.05, 0.1) is 5.75 Å². The van der Waals surface area contributed by atoms with Crippen molar-refractivity contribution >= 4 is 44.4 Å². The molecule has 4 heteroatoms. The molecular formula is C16H14BrNOS. The highest BCUT2D eigenvalue weighted by molar-refractivity contribution is 9.10. The SMILES string of the molecule is C#CCSCCNC(=O)c1ccc2cc(Br)ccc2c1. The van der Waals surface area contributed by atoms with E-state index in [1.807, 2.05) is 36.4 Å². The van der Waals surface area contributed by atoms with Gasteiger partial charge in [-0.1, -0.05) is 34.0 Å². The van der Waals surface area contributed by atoms with Crippen LogP contribution in [0.15, 0.2) is 40.9 Å². The molecule has 0 heterocycles. The van der Waals surface area contributed by atoms with Gasteiger partial charge in [-0.3, -0.25) is 4.79 Å². The summed E-state index contributed by atoms with van der Waals surface area (Å²) in [5.41, 5.74) is 0.682. The molecule has 1 amide bonds. The normalized spacial score (nSPS) is 10.2. The van der Waals surface area contributed by atoms with E-state index in [0.29, 0.717) is 17.9 Å². The summed E-state index contributed by atoms with van der Waals surface area (Å²) in [6, 6.07) is 11.7. The molecule has 0 aliphatic carbocycles. The van der Waals surface area contributed by atoms with Crippen LogP contribution in [0.1, 0.15) is 10.4 Å². The third-order valence-corrected chi connectivity index (χ3v) is 4.14. The Balaban J connectivity index is 2.00. The molecule has 102 valence electrons. The number of amides is 1. The Labute approximate surface area is 131 Å². The predicted molar refractivity (Wildman–Crippen MR) is 90.1 cm³/mol. The van der Waals surface area contributed by atoms with Crippen molar-refractivity contribution < 1.29 is 4.79 Å². The number of hydrogen-bond acceptors (Lipinski definition) is 2. The van der Waals surface area contributed by atoms with Crippen molar-refractivity contribution in [3.8, 4) is 12.3 Å². The monoisotopic (exact) mass is 347 g/mol. The fourth-order valence-corrected chi connectivity index (χ4v) is 2.72. The second-order valence-corrected chi connectivity index (χ2v) is 6.24. The lowest BCUT2D eigenvalue weighted by Crippen LogP contribution is -2.25. The van der Waals surface area contributed by atoms with E-state index in [2.05, 4.69) is 27.2 Å². The van der Waals surface area contributed by atoms with Crippen LogP contribution in [0, 0.1) is 12.3 Å². The molecule has 2 nitrogen and oxygen atoms in total. The van der Waals surface area contributed by atoms with Crippen molar-refractivity contribution in [3.63, 3.8) is 0 Å². The number of benzene rings is 2. The van der Waals surface area contributed by atoms with Crippen LogP contribution in [0.3, 0.4) is 0 Å². The van der Waals surface area contributed by atoms with Crippen molar-refractivity contribution in [3.05, 3.63) is 46.4 Å². The van der Waals surface area contributed by atoms with Gasteiger partial charge < -0.3 is 5.32 Å². The molecule has 2 aromatic rings. The average molecular weight is 348 g/mol. The number of nitrogens with one attached hydrogen (secondary N) is 1. The van der Waals surface area contributed by atoms with Crippen molar-refractivity contribution in [1.29, 1.82) is 0 Å². The Kier molecular flexibility index (Phi) is 5.51. The van der Waals surface area contributed by atoms with E-state index < -0.39 is 0 Å². The molecule has 2 rings (SSSR count). The maximum Gasteiger partial charge on any atom is 0.251 e. The molecule has 0 fully saturated rings. The van der Waals surface area contributed by atoms with E-state index in [1.165, 1.54) is 0 Å². The highest BCUT2D eigenvalue weighted by Crippen LogP contribution is 2.20. The van der Waals surface area contributed by atoms with E-state index >= 15 is 0 Å². The number of hydrogen-bond donors (Lipinski definition) is 1. The zero-order chi connectivity index (χ0) is 14.4. The molecule has 2 aromatic carbocycles. The number of halogens is 1. The zero-order valence-corrected chi connectivity index (χ0v) is 13.3. The number of thioether (sulfide) groups is 1. The van der Waals surface area contributed by atoms with Gasteiger partial charge in [-0.05, 0) is 35.0 Å². The Hall–Kier alpha value is -1.44. The quantitative estimate of drug-likeness (QED) is 0.659. The summed E-state index contributed by atoms with van der Waals surface area (Å²) in [5, 5.41) is 5.07. The van der Waals surface area contributed by atoms with Gasteiger partial charge in [0.2, 0.25) is 0 Å². The Morgan fingerprint density at radius 2 is 2.00 bits per heavy atom. The maximum absolute atomic E-state index is 12.0. The summed E-state index contributed by atoms with van der Waals surface area (Å²) < 4.78 is 1.03. The molecule has 0 unspecified atom stereocenters. The van der Waals surface area contributed by atoms with Gasteiger partial charge in [-0.15, -0.1) is 18.2 Å². The topological polar surface area (TPSA) is 29.1 Å². The molecule has 0 spiro atoms. The highest BCUT2D eigenvalue weighted by atomic mass is 79.9. The smallest absolute Gasteiger partial charge is 0.251 e. The van der Waals surface area contributed by atoms with Crippen LogP contribution in [0.5, 0.6) is 0 Å². The van der Waals surface area contributed by atoms with Crippen molar-refractivity contribution in [2.24, 2.45) is 0 Å². The van der Waals surface area contributed by atoms with E-state index in [0.717, 1.165) is 21.0 Å². The summed E-state index contributed by atoms with van der Waals surface area (Å²) in [6.45, 7) is 0.629. The second-order valence-electron chi connectivity index (χ2n) is 4.22. The molecule has 0 saturated heterocycles. The first kappa shape index (κ1) is 15.0. The number of fused-ring (bicyclic) bond motifs is 1. The Morgan fingerprint density at radius 1 is 1.25 bits per heavy atom. The standard InChI is InChI=1S/C16H14BrNOS/c1-2-8-20-9-7-18-16(19)14-4-3-13-11-15(17)6-5-12(13)10-14/h1,3-6,10-11H,7-9H2,(H,18,19). The molecular weight excluding hydrogens is 334 g/mol. The predicted octanol–water partition coefficient (Wildman–Crippen LogP) is 3.70. The highest BCUT2D eigenvalue weighted by Gasteiger charge is 2.05. The van der Waals surface area contributed by atoms with Gasteiger partial charge in [-0.2, -0.15) is 0 Å². The number of rotatable bonds is 5. The van der Waals surface area contributed by atoms with E-state index in [9.17, 15) is 4.79 Å². The lowest BCUT2D eigenvalue weighted by atomic mass is 10.1. The van der Waals surface area contributed by atoms with Gasteiger partial charge in [0, 0.05) is 22.3 Å². The van der Waals surface area contributed by atoms with Crippen LogP contribution in [0.4, 0.5) is 0 Å². The van der Waals surface area contributed by atoms with Crippen LogP contribution in [-0.4, -0.2) is 24.0 Å². The van der Waals surface area contributed by atoms with Crippen LogP contribution in [-0.2, 0) is 0 Å². The Morgan fingerprint density at radius 3 is 2.80 bits per heavy atom. The number of carbonyl (C=O) groups excluding carboxylic acids is 1. The van der Waals surface area contributed by atoms with E-state index in [-0.39, 0.29) is 5.91 Å². The average Bonchev–Trinajstić information content (AvgIpc) is 2.46. The van der Waals surface area contributed by atoms with Gasteiger partial charge in [0.1, 0.15) is 0 Å². The number of carbonyl (C=O) groups is 1. The Bertz CT molecular complexity index is 663. The van der Waals surface area contributed by atoms with Crippen molar-refractivity contribution in [1.82, 2.24) is 5.32 Å². The minimum atomic E-state index is -0.0453. The molecule has 0 aliphatic heterocycles. The van der Waals surface area contributed by atoms with Crippen LogP contribution in [0.25, 0.3) is 10.8 Å². The molecule has 0 bridgehead atoms. The molecule has 0 saturated carbocycles. The minimum Gasteiger partial charge on any atom is -0.351 e. The second kappa shape index (κ2) is 7.37. The third kappa shape index (κ3) is 4.03. The van der Waals surface area contributed by atoms with Crippen molar-refractivity contribution in [2.45, 2.75) is 0 Å². The van der Waals surface area contributed by atoms with Crippen molar-refractivity contribution in [2.75, 3.05) is 18.1 Å². The fourth-order valence-electron chi connectivity index (χ4n) is 1.83. The minimum absolute atomic E-state index is 0.0453. The first-order valence-electron chi connectivity index (χ1n) is 6.19. The maximum atomic E-state index is 12.0. The third-order valence-electron chi connectivity index (χ3n) is 2.78. The van der Waals surface area contributed by atoms with Gasteiger partial charge in [0.15, 0.2) is 0 Å². The molecule has 1 N–H and O–H groups in total. The zero-order valence-electron chi connectivity index (χ0n) is 10.9. The van der Waals surface area contributed by atoms with Gasteiger partial charge >= 0.3 is 0 Å². The molecule has 20 heavy (non-hydrogen) atoms. The molecule has 0 radical (unpaired) electrons. The van der Waals surface area contributed by atoms with Crippen LogP contribution in [0.2, 0.25) is 0 Å². The van der Waals surface area contributed by atoms with Gasteiger partial charge in [0.25, 0.3) is 5.91 Å². The number of terminal acetylenes is 1. The fraction of sp³-hybridized carbons (Fsp3) is 0.188. The summed E-state index contributed by atoms with van der Waals surface area (Å²) >= 11 is 5.08. The molecule has 0 aromatic heterocycles. The van der Waals surface area contributed by atoms with E-state index in [4.69, 9.17) is 6.42 Å². The lowest BCUT2D eigenvalue weighted by Gasteiger charge is -2.06. The molecule has 0 atom stereocenters. The van der Waals surface area contributed by atoms with Crippen LogP contribution >= 0.6 is 27.7 Å². The summed E-state index contributed by atoms with van der Waals surface area (Å²) in [7, 11) is 0. The van der Waals surface area contributed by atoms with E-state index in [1.54, 1.807) is 11.8 Å². The van der Waals surface area contributed by atoms with Gasteiger partial charge in [-0.25, -0.2) is 0 Å². The first-order valence-corrected chi connectivity index (χ1v) is 8.14. The largest absolute Gasteiger partial charge is 0.351 e. The van der Waals surface area contributed by atoms with Crippen LogP contribution < -0.4 is 5.32 Å². The first-order chi connectivity index (χ1) is 9.70. The molecule has 0 aliphatic rings.